The van der Waals surface area contributed by atoms with E-state index in [0.29, 0.717) is 11.7 Å². The number of benzene rings is 2. The third-order valence-corrected chi connectivity index (χ3v) is 2.63. The lowest BCUT2D eigenvalue weighted by Gasteiger charge is -2.11. The van der Waals surface area contributed by atoms with Crippen molar-refractivity contribution in [2.75, 3.05) is 0 Å². The Hall–Kier alpha value is -1.50. The van der Waals surface area contributed by atoms with Crippen LogP contribution in [0.2, 0.25) is 0 Å². The molecule has 0 aliphatic rings. The third kappa shape index (κ3) is 1.96. The Balaban J connectivity index is 2.63. The zero-order valence-electron chi connectivity index (χ0n) is 9.20. The summed E-state index contributed by atoms with van der Waals surface area (Å²) in [7, 11) is 0. The van der Waals surface area contributed by atoms with Crippen LogP contribution < -0.4 is 0 Å². The maximum atomic E-state index is 9.86. The van der Waals surface area contributed by atoms with Gasteiger partial charge in [-0.15, -0.1) is 0 Å². The smallest absolute Gasteiger partial charge is 0.119 e. The average molecular weight is 200 g/mol. The molecular weight excluding hydrogens is 184 g/mol. The second-order valence-electron chi connectivity index (χ2n) is 4.38. The van der Waals surface area contributed by atoms with Crippen molar-refractivity contribution in [2.24, 2.45) is 5.92 Å². The van der Waals surface area contributed by atoms with Gasteiger partial charge in [-0.1, -0.05) is 44.2 Å². The molecule has 0 atom stereocenters. The number of hydrogen-bond donors (Lipinski definition) is 1. The number of phenolic OH excluding ortho intramolecular Hbond substituents is 1. The minimum absolute atomic E-state index is 0.419. The standard InChI is InChI=1S/C14H16O/c1-10(2)9-13-12-6-4-3-5-11(12)7-8-14(13)15/h3-8,10,15H,9H2,1-2H3. The molecule has 0 amide bonds. The molecule has 1 N–H and O–H groups in total. The molecule has 0 fully saturated rings. The van der Waals surface area contributed by atoms with Crippen molar-refractivity contribution in [3.8, 4) is 5.75 Å². The van der Waals surface area contributed by atoms with Crippen molar-refractivity contribution in [3.63, 3.8) is 0 Å². The Labute approximate surface area is 90.4 Å². The van der Waals surface area contributed by atoms with Gasteiger partial charge in [-0.25, -0.2) is 0 Å². The van der Waals surface area contributed by atoms with Gasteiger partial charge in [0.05, 0.1) is 0 Å². The Kier molecular flexibility index (Phi) is 2.63. The van der Waals surface area contributed by atoms with Crippen LogP contribution in [0.4, 0.5) is 0 Å². The lowest BCUT2D eigenvalue weighted by atomic mass is 9.96. The van der Waals surface area contributed by atoms with Crippen molar-refractivity contribution in [2.45, 2.75) is 20.3 Å². The van der Waals surface area contributed by atoms with Crippen molar-refractivity contribution in [3.05, 3.63) is 42.0 Å². The highest BCUT2D eigenvalue weighted by Gasteiger charge is 2.07. The molecule has 78 valence electrons. The van der Waals surface area contributed by atoms with E-state index in [0.717, 1.165) is 12.0 Å². The van der Waals surface area contributed by atoms with Gasteiger partial charge >= 0.3 is 0 Å². The van der Waals surface area contributed by atoms with Crippen molar-refractivity contribution in [1.82, 2.24) is 0 Å². The summed E-state index contributed by atoms with van der Waals surface area (Å²) in [6, 6.07) is 12.0. The summed E-state index contributed by atoms with van der Waals surface area (Å²) in [5.74, 6) is 0.976. The van der Waals surface area contributed by atoms with E-state index in [2.05, 4.69) is 26.0 Å². The lowest BCUT2D eigenvalue weighted by molar-refractivity contribution is 0.464. The van der Waals surface area contributed by atoms with E-state index in [4.69, 9.17) is 0 Å². The average Bonchev–Trinajstić information content (AvgIpc) is 2.22. The number of hydrogen-bond acceptors (Lipinski definition) is 1. The minimum Gasteiger partial charge on any atom is -0.508 e. The summed E-state index contributed by atoms with van der Waals surface area (Å²) in [6.07, 6.45) is 0.924. The first-order chi connectivity index (χ1) is 7.18. The van der Waals surface area contributed by atoms with Gasteiger partial charge in [-0.2, -0.15) is 0 Å². The van der Waals surface area contributed by atoms with Crippen LogP contribution in [0, 0.1) is 5.92 Å². The predicted octanol–water partition coefficient (Wildman–Crippen LogP) is 3.74. The van der Waals surface area contributed by atoms with E-state index in [9.17, 15) is 5.11 Å². The molecule has 0 aromatic heterocycles. The largest absolute Gasteiger partial charge is 0.508 e. The quantitative estimate of drug-likeness (QED) is 0.782. The molecule has 0 aliphatic heterocycles. The predicted molar refractivity (Wildman–Crippen MR) is 64.2 cm³/mol. The SMILES string of the molecule is CC(C)Cc1c(O)ccc2ccccc12. The number of fused-ring (bicyclic) bond motifs is 1. The highest BCUT2D eigenvalue weighted by atomic mass is 16.3. The fourth-order valence-corrected chi connectivity index (χ4v) is 1.95. The van der Waals surface area contributed by atoms with E-state index >= 15 is 0 Å². The van der Waals surface area contributed by atoms with Crippen LogP contribution in [0.5, 0.6) is 5.75 Å². The van der Waals surface area contributed by atoms with Crippen molar-refractivity contribution in [1.29, 1.82) is 0 Å². The van der Waals surface area contributed by atoms with E-state index in [-0.39, 0.29) is 0 Å². The van der Waals surface area contributed by atoms with Gasteiger partial charge in [-0.3, -0.25) is 0 Å². The topological polar surface area (TPSA) is 20.2 Å². The first-order valence-electron chi connectivity index (χ1n) is 5.38. The molecule has 2 aromatic carbocycles. The molecule has 0 bridgehead atoms. The summed E-state index contributed by atoms with van der Waals surface area (Å²) < 4.78 is 0. The number of rotatable bonds is 2. The first-order valence-corrected chi connectivity index (χ1v) is 5.38. The zero-order chi connectivity index (χ0) is 10.8. The van der Waals surface area contributed by atoms with Crippen molar-refractivity contribution >= 4 is 10.8 Å². The highest BCUT2D eigenvalue weighted by molar-refractivity contribution is 5.87. The lowest BCUT2D eigenvalue weighted by Crippen LogP contribution is -1.95. The van der Waals surface area contributed by atoms with Crippen molar-refractivity contribution < 1.29 is 5.11 Å². The second-order valence-corrected chi connectivity index (χ2v) is 4.38. The Morgan fingerprint density at radius 3 is 2.53 bits per heavy atom. The Bertz CT molecular complexity index is 472. The fourth-order valence-electron chi connectivity index (χ4n) is 1.95. The maximum absolute atomic E-state index is 9.86. The van der Waals surface area contributed by atoms with Crippen LogP contribution in [0.3, 0.4) is 0 Å². The van der Waals surface area contributed by atoms with E-state index < -0.39 is 0 Å². The molecule has 0 saturated heterocycles. The molecule has 0 radical (unpaired) electrons. The number of phenols is 1. The molecule has 1 nitrogen and oxygen atoms in total. The van der Waals surface area contributed by atoms with E-state index in [1.165, 1.54) is 10.8 Å². The van der Waals surface area contributed by atoms with Crippen LogP contribution in [-0.2, 0) is 6.42 Å². The van der Waals surface area contributed by atoms with Gasteiger partial charge in [0, 0.05) is 5.56 Å². The molecule has 0 saturated carbocycles. The van der Waals surface area contributed by atoms with Crippen LogP contribution >= 0.6 is 0 Å². The van der Waals surface area contributed by atoms with E-state index in [1.54, 1.807) is 6.07 Å². The third-order valence-electron chi connectivity index (χ3n) is 2.63. The van der Waals surface area contributed by atoms with Crippen LogP contribution in [0.15, 0.2) is 36.4 Å². The van der Waals surface area contributed by atoms with Gasteiger partial charge in [0.25, 0.3) is 0 Å². The minimum atomic E-state index is 0.419. The Morgan fingerprint density at radius 2 is 1.80 bits per heavy atom. The van der Waals surface area contributed by atoms with Gasteiger partial charge < -0.3 is 5.11 Å². The molecule has 15 heavy (non-hydrogen) atoms. The highest BCUT2D eigenvalue weighted by Crippen LogP contribution is 2.28. The van der Waals surface area contributed by atoms with Crippen LogP contribution in [0.1, 0.15) is 19.4 Å². The molecule has 0 aliphatic carbocycles. The summed E-state index contributed by atoms with van der Waals surface area (Å²) in [4.78, 5) is 0. The normalized spacial score (nSPS) is 11.1. The molecule has 0 unspecified atom stereocenters. The molecular formula is C14H16O. The molecule has 2 aromatic rings. The summed E-state index contributed by atoms with van der Waals surface area (Å²) in [5, 5.41) is 12.2. The molecule has 0 spiro atoms. The maximum Gasteiger partial charge on any atom is 0.119 e. The Morgan fingerprint density at radius 1 is 1.07 bits per heavy atom. The van der Waals surface area contributed by atoms with Gasteiger partial charge in [0.15, 0.2) is 0 Å². The number of aromatic hydroxyl groups is 1. The molecule has 0 heterocycles. The van der Waals surface area contributed by atoms with Crippen LogP contribution in [0.25, 0.3) is 10.8 Å². The van der Waals surface area contributed by atoms with E-state index in [1.807, 2.05) is 18.2 Å². The summed E-state index contributed by atoms with van der Waals surface area (Å²) in [5.41, 5.74) is 1.07. The fraction of sp³-hybridized carbons (Fsp3) is 0.286. The summed E-state index contributed by atoms with van der Waals surface area (Å²) >= 11 is 0. The second kappa shape index (κ2) is 3.93. The summed E-state index contributed by atoms with van der Waals surface area (Å²) in [6.45, 7) is 4.34. The zero-order valence-corrected chi connectivity index (χ0v) is 9.20. The molecule has 1 heteroatoms. The van der Waals surface area contributed by atoms with Gasteiger partial charge in [0.2, 0.25) is 0 Å². The molecule has 2 rings (SSSR count). The van der Waals surface area contributed by atoms with Gasteiger partial charge in [-0.05, 0) is 29.2 Å². The monoisotopic (exact) mass is 200 g/mol. The van der Waals surface area contributed by atoms with Gasteiger partial charge in [0.1, 0.15) is 5.75 Å². The van der Waals surface area contributed by atoms with Crippen LogP contribution in [-0.4, -0.2) is 5.11 Å². The first kappa shape index (κ1) is 10.0.